The third-order valence-electron chi connectivity index (χ3n) is 6.09. The Morgan fingerprint density at radius 2 is 1.88 bits per heavy atom. The van der Waals surface area contributed by atoms with Crippen LogP contribution in [0.4, 0.5) is 0 Å². The molecule has 3 unspecified atom stereocenters. The largest absolute Gasteiger partial charge is 0.469 e. The zero-order valence-electron chi connectivity index (χ0n) is 19.3. The highest BCUT2D eigenvalue weighted by molar-refractivity contribution is 5.69. The summed E-state index contributed by atoms with van der Waals surface area (Å²) in [6, 6.07) is 0. The normalized spacial score (nSPS) is 28.5. The van der Waals surface area contributed by atoms with Gasteiger partial charge >= 0.3 is 17.9 Å². The number of ether oxygens (including phenoxy) is 5. The van der Waals surface area contributed by atoms with Gasteiger partial charge in [0.15, 0.2) is 6.29 Å². The van der Waals surface area contributed by atoms with E-state index in [4.69, 9.17) is 18.9 Å². The van der Waals surface area contributed by atoms with Crippen molar-refractivity contribution in [2.24, 2.45) is 11.8 Å². The molecule has 0 radical (unpaired) electrons. The van der Waals surface area contributed by atoms with Gasteiger partial charge in [-0.15, -0.1) is 0 Å². The van der Waals surface area contributed by atoms with Gasteiger partial charge in [0.1, 0.15) is 18.5 Å². The fourth-order valence-corrected chi connectivity index (χ4v) is 4.61. The minimum atomic E-state index is -0.454. The maximum absolute atomic E-state index is 12.0. The van der Waals surface area contributed by atoms with E-state index < -0.39 is 36.2 Å². The van der Waals surface area contributed by atoms with E-state index in [0.717, 1.165) is 25.5 Å². The highest BCUT2D eigenvalue weighted by Gasteiger charge is 2.46. The Kier molecular flexibility index (Phi) is 11.1. The van der Waals surface area contributed by atoms with Gasteiger partial charge in [-0.1, -0.05) is 0 Å². The Bertz CT molecular complexity index is 629. The monoisotopic (exact) mass is 456 g/mol. The molecule has 2 rings (SSSR count). The third kappa shape index (κ3) is 8.50. The van der Waals surface area contributed by atoms with Crippen LogP contribution in [-0.4, -0.2) is 62.5 Å². The van der Waals surface area contributed by atoms with Gasteiger partial charge in [-0.05, 0) is 44.9 Å². The Morgan fingerprint density at radius 3 is 2.47 bits per heavy atom. The van der Waals surface area contributed by atoms with Crippen LogP contribution < -0.4 is 0 Å². The first-order valence-electron chi connectivity index (χ1n) is 11.5. The lowest BCUT2D eigenvalue weighted by Gasteiger charge is -2.28. The smallest absolute Gasteiger partial charge is 0.305 e. The molecule has 0 amide bonds. The zero-order valence-corrected chi connectivity index (χ0v) is 19.3. The predicted molar refractivity (Wildman–Crippen MR) is 112 cm³/mol. The van der Waals surface area contributed by atoms with Gasteiger partial charge in [0.05, 0.1) is 13.2 Å². The summed E-state index contributed by atoms with van der Waals surface area (Å²) in [6.07, 6.45) is 4.75. The Hall–Kier alpha value is -2.00. The fourth-order valence-electron chi connectivity index (χ4n) is 4.61. The SMILES string of the molecule is COC(=O)CCCC(CC[C@H]1C(C=O)[C@@H](OC2CCCCO2)C[C@H]1OC(C)=O)OC(C)=O. The molecule has 1 aliphatic carbocycles. The molecule has 1 saturated carbocycles. The van der Waals surface area contributed by atoms with Crippen LogP contribution in [0.5, 0.6) is 0 Å². The van der Waals surface area contributed by atoms with Crippen molar-refractivity contribution in [1.29, 1.82) is 0 Å². The third-order valence-corrected chi connectivity index (χ3v) is 6.09. The molecule has 0 aromatic heterocycles. The number of hydrogen-bond acceptors (Lipinski definition) is 9. The lowest BCUT2D eigenvalue weighted by atomic mass is 9.88. The van der Waals surface area contributed by atoms with Crippen LogP contribution in [-0.2, 0) is 42.9 Å². The zero-order chi connectivity index (χ0) is 23.5. The first-order chi connectivity index (χ1) is 15.3. The van der Waals surface area contributed by atoms with Crippen LogP contribution in [0.1, 0.15) is 71.6 Å². The minimum Gasteiger partial charge on any atom is -0.469 e. The van der Waals surface area contributed by atoms with Crippen LogP contribution >= 0.6 is 0 Å². The average molecular weight is 457 g/mol. The van der Waals surface area contributed by atoms with Crippen molar-refractivity contribution < 1.29 is 42.9 Å². The molecule has 9 nitrogen and oxygen atoms in total. The summed E-state index contributed by atoms with van der Waals surface area (Å²) in [5.41, 5.74) is 0. The van der Waals surface area contributed by atoms with Crippen molar-refractivity contribution in [2.75, 3.05) is 13.7 Å². The van der Waals surface area contributed by atoms with E-state index in [1.165, 1.54) is 21.0 Å². The lowest BCUT2D eigenvalue weighted by molar-refractivity contribution is -0.195. The van der Waals surface area contributed by atoms with E-state index in [1.807, 2.05) is 0 Å². The van der Waals surface area contributed by atoms with E-state index >= 15 is 0 Å². The number of hydrogen-bond donors (Lipinski definition) is 0. The minimum absolute atomic E-state index is 0.238. The van der Waals surface area contributed by atoms with Gasteiger partial charge in [-0.25, -0.2) is 0 Å². The predicted octanol–water partition coefficient (Wildman–Crippen LogP) is 2.72. The van der Waals surface area contributed by atoms with E-state index in [1.54, 1.807) is 0 Å². The summed E-state index contributed by atoms with van der Waals surface area (Å²) in [5, 5.41) is 0. The second kappa shape index (κ2) is 13.5. The van der Waals surface area contributed by atoms with Crippen molar-refractivity contribution >= 4 is 24.2 Å². The molecule has 0 aromatic carbocycles. The quantitative estimate of drug-likeness (QED) is 0.248. The number of carbonyl (C=O) groups excluding carboxylic acids is 4. The molecule has 0 bridgehead atoms. The molecule has 9 heteroatoms. The molecule has 2 aliphatic rings. The molecule has 32 heavy (non-hydrogen) atoms. The van der Waals surface area contributed by atoms with Crippen LogP contribution in [0.15, 0.2) is 0 Å². The molecule has 182 valence electrons. The molecule has 0 aromatic rings. The van der Waals surface area contributed by atoms with Gasteiger partial charge in [0, 0.05) is 45.1 Å². The number of aldehydes is 1. The first-order valence-corrected chi connectivity index (χ1v) is 11.5. The second-order valence-electron chi connectivity index (χ2n) is 8.51. The lowest BCUT2D eigenvalue weighted by Crippen LogP contribution is -2.32. The van der Waals surface area contributed by atoms with Crippen molar-refractivity contribution in [2.45, 2.75) is 96.2 Å². The summed E-state index contributed by atoms with van der Waals surface area (Å²) < 4.78 is 27.3. The van der Waals surface area contributed by atoms with Gasteiger partial charge in [0.2, 0.25) is 0 Å². The molecular formula is C23H36O9. The van der Waals surface area contributed by atoms with E-state index in [2.05, 4.69) is 4.74 Å². The number of methoxy groups -OCH3 is 1. The Morgan fingerprint density at radius 1 is 1.09 bits per heavy atom. The molecule has 6 atom stereocenters. The molecular weight excluding hydrogens is 420 g/mol. The average Bonchev–Trinajstić information content (AvgIpc) is 3.06. The molecule has 0 N–H and O–H groups in total. The number of rotatable bonds is 12. The van der Waals surface area contributed by atoms with Crippen LogP contribution in [0.25, 0.3) is 0 Å². The topological polar surface area (TPSA) is 114 Å². The van der Waals surface area contributed by atoms with Gasteiger partial charge in [-0.3, -0.25) is 14.4 Å². The van der Waals surface area contributed by atoms with Crippen molar-refractivity contribution in [3.63, 3.8) is 0 Å². The Balaban J connectivity index is 2.01. The molecule has 1 aliphatic heterocycles. The molecule has 2 fully saturated rings. The van der Waals surface area contributed by atoms with E-state index in [9.17, 15) is 19.2 Å². The standard InChI is InChI=1S/C23H36O9/c1-15(25)30-17(7-6-8-22(27)28-3)10-11-18-19(14-24)21(13-20(18)31-16(2)26)32-23-9-4-5-12-29-23/h14,17-21,23H,4-13H2,1-3H3/t17?,18-,19?,20+,21-,23?/m0/s1. The van der Waals surface area contributed by atoms with Gasteiger partial charge < -0.3 is 28.5 Å². The molecule has 0 spiro atoms. The summed E-state index contributed by atoms with van der Waals surface area (Å²) in [6.45, 7) is 3.32. The first kappa shape index (κ1) is 26.3. The van der Waals surface area contributed by atoms with E-state index in [0.29, 0.717) is 38.7 Å². The summed E-state index contributed by atoms with van der Waals surface area (Å²) in [7, 11) is 1.33. The van der Waals surface area contributed by atoms with Crippen molar-refractivity contribution in [3.8, 4) is 0 Å². The van der Waals surface area contributed by atoms with Crippen LogP contribution in [0.2, 0.25) is 0 Å². The Labute approximate surface area is 189 Å². The van der Waals surface area contributed by atoms with Gasteiger partial charge in [-0.2, -0.15) is 0 Å². The highest BCUT2D eigenvalue weighted by Crippen LogP contribution is 2.40. The summed E-state index contributed by atoms with van der Waals surface area (Å²) in [5.74, 6) is -1.82. The van der Waals surface area contributed by atoms with Crippen molar-refractivity contribution in [3.05, 3.63) is 0 Å². The number of carbonyl (C=O) groups is 4. The van der Waals surface area contributed by atoms with Gasteiger partial charge in [0.25, 0.3) is 0 Å². The fraction of sp³-hybridized carbons (Fsp3) is 0.826. The summed E-state index contributed by atoms with van der Waals surface area (Å²) >= 11 is 0. The second-order valence-corrected chi connectivity index (χ2v) is 8.51. The van der Waals surface area contributed by atoms with Crippen LogP contribution in [0.3, 0.4) is 0 Å². The maximum Gasteiger partial charge on any atom is 0.305 e. The van der Waals surface area contributed by atoms with Crippen LogP contribution in [0, 0.1) is 11.8 Å². The molecule has 1 heterocycles. The number of esters is 3. The summed E-state index contributed by atoms with van der Waals surface area (Å²) in [4.78, 5) is 46.6. The highest BCUT2D eigenvalue weighted by atomic mass is 16.7. The van der Waals surface area contributed by atoms with E-state index in [-0.39, 0.29) is 24.6 Å². The van der Waals surface area contributed by atoms with Crippen molar-refractivity contribution in [1.82, 2.24) is 0 Å². The maximum atomic E-state index is 12.0. The molecule has 1 saturated heterocycles.